The van der Waals surface area contributed by atoms with E-state index in [4.69, 9.17) is 0 Å². The maximum absolute atomic E-state index is 3.83. The van der Waals surface area contributed by atoms with E-state index in [1.807, 2.05) is 11.3 Å². The molecule has 20 heavy (non-hydrogen) atoms. The van der Waals surface area contributed by atoms with E-state index in [0.717, 1.165) is 36.1 Å². The van der Waals surface area contributed by atoms with Crippen molar-refractivity contribution >= 4 is 27.3 Å². The second-order valence-corrected chi connectivity index (χ2v) is 9.68. The standard InChI is InChI=1S/C17H24BrNS/c1-2-19-17(14-3-4-15(18)20-14)16-12-6-10-5-11(8-12)9-13(16)7-10/h3-4,10-13,16-17,19H,2,5-9H2,1H3. The molecule has 1 N–H and O–H groups in total. The smallest absolute Gasteiger partial charge is 0.0701 e. The molecule has 5 rings (SSSR count). The summed E-state index contributed by atoms with van der Waals surface area (Å²) in [6, 6.07) is 5.17. The van der Waals surface area contributed by atoms with E-state index in [1.165, 1.54) is 29.5 Å². The van der Waals surface area contributed by atoms with E-state index >= 15 is 0 Å². The Hall–Kier alpha value is 0.140. The first kappa shape index (κ1) is 13.8. The van der Waals surface area contributed by atoms with Crippen molar-refractivity contribution in [3.63, 3.8) is 0 Å². The first-order valence-corrected chi connectivity index (χ1v) is 9.84. The summed E-state index contributed by atoms with van der Waals surface area (Å²) in [6.07, 6.45) is 7.63. The number of halogens is 1. The molecule has 0 amide bonds. The lowest BCUT2D eigenvalue weighted by Crippen LogP contribution is -2.49. The first-order chi connectivity index (χ1) is 9.74. The summed E-state index contributed by atoms with van der Waals surface area (Å²) in [7, 11) is 0. The Labute approximate surface area is 134 Å². The molecule has 1 aromatic heterocycles. The number of thiophene rings is 1. The van der Waals surface area contributed by atoms with Gasteiger partial charge in [-0.15, -0.1) is 11.3 Å². The molecule has 4 bridgehead atoms. The maximum atomic E-state index is 3.83. The molecule has 4 aliphatic carbocycles. The molecule has 4 aliphatic rings. The molecule has 1 aromatic rings. The van der Waals surface area contributed by atoms with Crippen LogP contribution in [0.25, 0.3) is 0 Å². The van der Waals surface area contributed by atoms with E-state index in [2.05, 4.69) is 40.3 Å². The van der Waals surface area contributed by atoms with Crippen molar-refractivity contribution in [3.05, 3.63) is 20.8 Å². The maximum Gasteiger partial charge on any atom is 0.0701 e. The monoisotopic (exact) mass is 353 g/mol. The van der Waals surface area contributed by atoms with Crippen molar-refractivity contribution in [2.75, 3.05) is 6.54 Å². The molecule has 1 heterocycles. The highest BCUT2D eigenvalue weighted by atomic mass is 79.9. The molecular formula is C17H24BrNS. The van der Waals surface area contributed by atoms with Gasteiger partial charge < -0.3 is 5.32 Å². The van der Waals surface area contributed by atoms with E-state index in [1.54, 1.807) is 11.3 Å². The van der Waals surface area contributed by atoms with Crippen LogP contribution in [0.3, 0.4) is 0 Å². The zero-order chi connectivity index (χ0) is 13.7. The van der Waals surface area contributed by atoms with Gasteiger partial charge in [0.05, 0.1) is 3.79 Å². The van der Waals surface area contributed by atoms with Gasteiger partial charge in [-0.1, -0.05) is 6.92 Å². The Morgan fingerprint density at radius 3 is 2.30 bits per heavy atom. The predicted octanol–water partition coefficient (Wildman–Crippen LogP) is 5.23. The third-order valence-electron chi connectivity index (χ3n) is 6.01. The Bertz CT molecular complexity index is 455. The molecule has 1 unspecified atom stereocenters. The fourth-order valence-electron chi connectivity index (χ4n) is 5.65. The van der Waals surface area contributed by atoms with Crippen molar-refractivity contribution in [2.24, 2.45) is 29.6 Å². The number of nitrogens with one attached hydrogen (secondary N) is 1. The van der Waals surface area contributed by atoms with Gasteiger partial charge in [0.1, 0.15) is 0 Å². The van der Waals surface area contributed by atoms with Crippen LogP contribution >= 0.6 is 27.3 Å². The summed E-state index contributed by atoms with van der Waals surface area (Å²) < 4.78 is 1.28. The van der Waals surface area contributed by atoms with Crippen LogP contribution in [0.1, 0.15) is 49.9 Å². The summed E-state index contributed by atoms with van der Waals surface area (Å²) >= 11 is 5.58. The fraction of sp³-hybridized carbons (Fsp3) is 0.765. The zero-order valence-electron chi connectivity index (χ0n) is 12.1. The Morgan fingerprint density at radius 2 is 1.80 bits per heavy atom. The summed E-state index contributed by atoms with van der Waals surface area (Å²) in [5.74, 6) is 5.04. The number of hydrogen-bond acceptors (Lipinski definition) is 2. The van der Waals surface area contributed by atoms with Crippen molar-refractivity contribution in [1.29, 1.82) is 0 Å². The van der Waals surface area contributed by atoms with Gasteiger partial charge in [0.2, 0.25) is 0 Å². The summed E-state index contributed by atoms with van der Waals surface area (Å²) in [4.78, 5) is 1.55. The van der Waals surface area contributed by atoms with Crippen LogP contribution in [0.5, 0.6) is 0 Å². The quantitative estimate of drug-likeness (QED) is 0.780. The molecule has 1 nitrogen and oxygen atoms in total. The highest BCUT2D eigenvalue weighted by Gasteiger charge is 2.50. The lowest BCUT2D eigenvalue weighted by atomic mass is 9.50. The van der Waals surface area contributed by atoms with Crippen LogP contribution in [0.4, 0.5) is 0 Å². The van der Waals surface area contributed by atoms with Gasteiger partial charge in [-0.3, -0.25) is 0 Å². The zero-order valence-corrected chi connectivity index (χ0v) is 14.6. The van der Waals surface area contributed by atoms with Gasteiger partial charge in [-0.2, -0.15) is 0 Å². The minimum absolute atomic E-state index is 0.603. The van der Waals surface area contributed by atoms with Gasteiger partial charge in [0.25, 0.3) is 0 Å². The fourth-order valence-corrected chi connectivity index (χ4v) is 7.21. The first-order valence-electron chi connectivity index (χ1n) is 8.23. The average molecular weight is 354 g/mol. The van der Waals surface area contributed by atoms with Crippen LogP contribution in [0, 0.1) is 29.6 Å². The number of rotatable bonds is 4. The van der Waals surface area contributed by atoms with E-state index < -0.39 is 0 Å². The molecule has 4 saturated carbocycles. The molecule has 3 heteroatoms. The average Bonchev–Trinajstić information content (AvgIpc) is 2.83. The summed E-state index contributed by atoms with van der Waals surface area (Å²) in [5, 5.41) is 3.83. The third-order valence-corrected chi connectivity index (χ3v) is 7.72. The molecular weight excluding hydrogens is 330 g/mol. The largest absolute Gasteiger partial charge is 0.309 e. The van der Waals surface area contributed by atoms with Gasteiger partial charge in [-0.25, -0.2) is 0 Å². The highest BCUT2D eigenvalue weighted by Crippen LogP contribution is 2.59. The Kier molecular flexibility index (Phi) is 3.72. The third kappa shape index (κ3) is 2.30. The van der Waals surface area contributed by atoms with E-state index in [-0.39, 0.29) is 0 Å². The lowest BCUT2D eigenvalue weighted by Gasteiger charge is -2.56. The molecule has 4 fully saturated rings. The van der Waals surface area contributed by atoms with Crippen LogP contribution in [-0.4, -0.2) is 6.54 Å². The van der Waals surface area contributed by atoms with Crippen molar-refractivity contribution in [3.8, 4) is 0 Å². The minimum atomic E-state index is 0.603. The minimum Gasteiger partial charge on any atom is -0.309 e. The van der Waals surface area contributed by atoms with Crippen molar-refractivity contribution in [1.82, 2.24) is 5.32 Å². The van der Waals surface area contributed by atoms with Crippen LogP contribution in [-0.2, 0) is 0 Å². The molecule has 0 aromatic carbocycles. The van der Waals surface area contributed by atoms with E-state index in [0.29, 0.717) is 6.04 Å². The van der Waals surface area contributed by atoms with Crippen molar-refractivity contribution < 1.29 is 0 Å². The molecule has 0 spiro atoms. The Morgan fingerprint density at radius 1 is 1.15 bits per heavy atom. The second-order valence-electron chi connectivity index (χ2n) is 7.19. The van der Waals surface area contributed by atoms with E-state index in [9.17, 15) is 0 Å². The SMILES string of the molecule is CCNC(c1ccc(Br)s1)C1C2CC3CC(C2)CC1C3. The summed E-state index contributed by atoms with van der Waals surface area (Å²) in [5.41, 5.74) is 0. The van der Waals surface area contributed by atoms with Crippen LogP contribution in [0.15, 0.2) is 15.9 Å². The normalized spacial score (nSPS) is 40.2. The molecule has 0 saturated heterocycles. The van der Waals surface area contributed by atoms with Gasteiger partial charge in [-0.05, 0) is 96.3 Å². The van der Waals surface area contributed by atoms with Crippen molar-refractivity contribution in [2.45, 2.75) is 45.1 Å². The lowest BCUT2D eigenvalue weighted by molar-refractivity contribution is -0.0518. The highest BCUT2D eigenvalue weighted by molar-refractivity contribution is 9.11. The topological polar surface area (TPSA) is 12.0 Å². The molecule has 1 atom stereocenters. The van der Waals surface area contributed by atoms with Crippen LogP contribution < -0.4 is 5.32 Å². The van der Waals surface area contributed by atoms with Gasteiger partial charge in [0, 0.05) is 10.9 Å². The van der Waals surface area contributed by atoms with Gasteiger partial charge in [0.15, 0.2) is 0 Å². The predicted molar refractivity (Wildman–Crippen MR) is 89.0 cm³/mol. The molecule has 110 valence electrons. The number of hydrogen-bond donors (Lipinski definition) is 1. The Balaban J connectivity index is 1.63. The second kappa shape index (κ2) is 5.40. The molecule has 0 radical (unpaired) electrons. The van der Waals surface area contributed by atoms with Gasteiger partial charge >= 0.3 is 0 Å². The molecule has 0 aliphatic heterocycles. The summed E-state index contributed by atoms with van der Waals surface area (Å²) in [6.45, 7) is 3.34. The van der Waals surface area contributed by atoms with Crippen LogP contribution in [0.2, 0.25) is 0 Å².